The van der Waals surface area contributed by atoms with Gasteiger partial charge in [0.1, 0.15) is 11.6 Å². The molecule has 0 bridgehead atoms. The lowest BCUT2D eigenvalue weighted by Gasteiger charge is -2.36. The monoisotopic (exact) mass is 684 g/mol. The van der Waals surface area contributed by atoms with Gasteiger partial charge in [0.15, 0.2) is 6.73 Å². The number of carboxylic acids is 1. The lowest BCUT2D eigenvalue weighted by Crippen LogP contribution is -2.50. The molecule has 0 unspecified atom stereocenters. The smallest absolute Gasteiger partial charge is 0.337 e. The Morgan fingerprint density at radius 2 is 1.64 bits per heavy atom. The number of rotatable bonds is 6. The normalized spacial score (nSPS) is 19.1. The van der Waals surface area contributed by atoms with Gasteiger partial charge in [0.25, 0.3) is 5.91 Å². The molecule has 7 rings (SSSR count). The zero-order valence-corrected chi connectivity index (χ0v) is 27.2. The Morgan fingerprint density at radius 1 is 0.872 bits per heavy atom. The lowest BCUT2D eigenvalue weighted by atomic mass is 9.97. The van der Waals surface area contributed by atoms with E-state index < -0.39 is 11.8 Å². The Hall–Kier alpha value is -3.61. The van der Waals surface area contributed by atoms with Gasteiger partial charge in [-0.25, -0.2) is 9.18 Å². The molecule has 3 saturated heterocycles. The number of fused-ring (bicyclic) bond motifs is 1. The van der Waals surface area contributed by atoms with E-state index in [1.165, 1.54) is 4.90 Å². The van der Waals surface area contributed by atoms with Crippen molar-refractivity contribution < 1.29 is 33.3 Å². The standard InChI is InChI=1S/C34H35Cl2FN4O6/c35-27-13-22(38-5-2-6-39(8-7-38)23-18-46-19-23)14-28(36)31(27)33(42)41-17-21-3-1-4-24(32(21)47-20-41)25-16-30(40-9-11-45-12-10-40)26(34(43)44)15-29(25)37/h1,3-4,13-16,23H,2,5-12,17-20H2,(H,43,44). The number of morpholine rings is 1. The zero-order valence-electron chi connectivity index (χ0n) is 25.7. The fourth-order valence-corrected chi connectivity index (χ4v) is 7.36. The maximum Gasteiger partial charge on any atom is 0.337 e. The molecule has 13 heteroatoms. The Kier molecular flexibility index (Phi) is 9.17. The number of carbonyl (C=O) groups is 2. The molecule has 47 heavy (non-hydrogen) atoms. The first-order valence-electron chi connectivity index (χ1n) is 15.8. The van der Waals surface area contributed by atoms with Crippen LogP contribution in [0.25, 0.3) is 11.1 Å². The number of hydrogen-bond donors (Lipinski definition) is 1. The summed E-state index contributed by atoms with van der Waals surface area (Å²) in [6.07, 6.45) is 1.00. The largest absolute Gasteiger partial charge is 0.478 e. The number of nitrogens with zero attached hydrogens (tertiary/aromatic N) is 4. The molecular formula is C34H35Cl2FN4O6. The predicted octanol–water partition coefficient (Wildman–Crippen LogP) is 5.24. The van der Waals surface area contributed by atoms with Crippen LogP contribution in [0.15, 0.2) is 42.5 Å². The van der Waals surface area contributed by atoms with Gasteiger partial charge in [0, 0.05) is 61.6 Å². The van der Waals surface area contributed by atoms with E-state index in [9.17, 15) is 14.7 Å². The minimum Gasteiger partial charge on any atom is -0.478 e. The van der Waals surface area contributed by atoms with Crippen LogP contribution in [0.4, 0.5) is 15.8 Å². The van der Waals surface area contributed by atoms with E-state index in [4.69, 9.17) is 37.4 Å². The van der Waals surface area contributed by atoms with Gasteiger partial charge in [-0.2, -0.15) is 0 Å². The molecule has 10 nitrogen and oxygen atoms in total. The van der Waals surface area contributed by atoms with Crippen LogP contribution in [0.2, 0.25) is 10.0 Å². The summed E-state index contributed by atoms with van der Waals surface area (Å²) in [5.74, 6) is -1.83. The average molecular weight is 686 g/mol. The first kappa shape index (κ1) is 32.0. The van der Waals surface area contributed by atoms with Gasteiger partial charge in [-0.05, 0) is 30.7 Å². The number of carbonyl (C=O) groups excluding carboxylic acids is 1. The number of amides is 1. The van der Waals surface area contributed by atoms with Gasteiger partial charge in [-0.15, -0.1) is 0 Å². The first-order valence-corrected chi connectivity index (χ1v) is 16.5. The van der Waals surface area contributed by atoms with Crippen LogP contribution in [0.3, 0.4) is 0 Å². The maximum absolute atomic E-state index is 15.5. The molecule has 0 aliphatic carbocycles. The third-order valence-corrected chi connectivity index (χ3v) is 9.94. The summed E-state index contributed by atoms with van der Waals surface area (Å²) in [5, 5.41) is 10.3. The van der Waals surface area contributed by atoms with Crippen LogP contribution >= 0.6 is 23.2 Å². The van der Waals surface area contributed by atoms with Gasteiger partial charge in [0.2, 0.25) is 0 Å². The second kappa shape index (κ2) is 13.5. The topological polar surface area (TPSA) is 95.0 Å². The van der Waals surface area contributed by atoms with Gasteiger partial charge >= 0.3 is 5.97 Å². The third-order valence-electron chi connectivity index (χ3n) is 9.34. The van der Waals surface area contributed by atoms with Crippen molar-refractivity contribution in [3.8, 4) is 16.9 Å². The van der Waals surface area contributed by atoms with Gasteiger partial charge in [-0.1, -0.05) is 41.4 Å². The first-order chi connectivity index (χ1) is 22.8. The molecular weight excluding hydrogens is 650 g/mol. The van der Waals surface area contributed by atoms with Crippen molar-refractivity contribution in [2.24, 2.45) is 0 Å². The van der Waals surface area contributed by atoms with Crippen LogP contribution in [0, 0.1) is 5.82 Å². The maximum atomic E-state index is 15.5. The van der Waals surface area contributed by atoms with Crippen molar-refractivity contribution in [2.75, 3.05) is 82.2 Å². The molecule has 1 amide bonds. The van der Waals surface area contributed by atoms with Crippen LogP contribution in [-0.2, 0) is 16.0 Å². The molecule has 3 aromatic carbocycles. The third kappa shape index (κ3) is 6.35. The quantitative estimate of drug-likeness (QED) is 0.374. The summed E-state index contributed by atoms with van der Waals surface area (Å²) >= 11 is 13.5. The highest BCUT2D eigenvalue weighted by molar-refractivity contribution is 6.40. The van der Waals surface area contributed by atoms with Crippen LogP contribution < -0.4 is 14.5 Å². The number of benzene rings is 3. The van der Waals surface area contributed by atoms with Crippen molar-refractivity contribution in [1.82, 2.24) is 9.80 Å². The van der Waals surface area contributed by atoms with Crippen LogP contribution in [0.1, 0.15) is 32.7 Å². The van der Waals surface area contributed by atoms with E-state index in [-0.39, 0.29) is 45.9 Å². The number of hydrogen-bond acceptors (Lipinski definition) is 8. The number of carboxylic acid groups (broad SMARTS) is 1. The summed E-state index contributed by atoms with van der Waals surface area (Å²) in [4.78, 5) is 33.9. The van der Waals surface area contributed by atoms with Crippen molar-refractivity contribution in [3.05, 3.63) is 75.0 Å². The van der Waals surface area contributed by atoms with E-state index in [1.54, 1.807) is 30.3 Å². The molecule has 0 spiro atoms. The Morgan fingerprint density at radius 3 is 2.34 bits per heavy atom. The minimum atomic E-state index is -1.21. The van der Waals surface area contributed by atoms with Crippen molar-refractivity contribution in [3.63, 3.8) is 0 Å². The second-order valence-corrected chi connectivity index (χ2v) is 13.0. The summed E-state index contributed by atoms with van der Waals surface area (Å²) in [6, 6.07) is 12.0. The second-order valence-electron chi connectivity index (χ2n) is 12.2. The molecule has 248 valence electrons. The van der Waals surface area contributed by atoms with Crippen molar-refractivity contribution in [2.45, 2.75) is 19.0 Å². The molecule has 0 radical (unpaired) electrons. The van der Waals surface area contributed by atoms with Crippen molar-refractivity contribution >= 4 is 46.5 Å². The SMILES string of the molecule is O=C(O)c1cc(F)c(-c2cccc3c2OCN(C(=O)c2c(Cl)cc(N4CCCN(C5COC5)CC4)cc2Cl)C3)cc1N1CCOCC1. The molecule has 4 aliphatic rings. The Balaban J connectivity index is 1.11. The number of aromatic carboxylic acids is 1. The molecule has 3 fully saturated rings. The molecule has 0 atom stereocenters. The minimum absolute atomic E-state index is 0.102. The van der Waals surface area contributed by atoms with Crippen LogP contribution in [0.5, 0.6) is 5.75 Å². The van der Waals surface area contributed by atoms with E-state index in [0.717, 1.165) is 57.6 Å². The summed E-state index contributed by atoms with van der Waals surface area (Å²) in [6.45, 7) is 7.14. The highest BCUT2D eigenvalue weighted by Gasteiger charge is 2.31. The van der Waals surface area contributed by atoms with E-state index in [2.05, 4.69) is 9.80 Å². The van der Waals surface area contributed by atoms with E-state index in [1.807, 2.05) is 11.0 Å². The Bertz CT molecular complexity index is 1680. The number of para-hydroxylation sites is 1. The molecule has 0 saturated carbocycles. The number of anilines is 2. The highest BCUT2D eigenvalue weighted by atomic mass is 35.5. The van der Waals surface area contributed by atoms with E-state index in [0.29, 0.717) is 54.9 Å². The lowest BCUT2D eigenvalue weighted by molar-refractivity contribution is -0.0625. The number of halogens is 3. The van der Waals surface area contributed by atoms with E-state index >= 15 is 4.39 Å². The Labute approximate surface area is 282 Å². The highest BCUT2D eigenvalue weighted by Crippen LogP contribution is 2.41. The predicted molar refractivity (Wildman–Crippen MR) is 177 cm³/mol. The fraction of sp³-hybridized carbons (Fsp3) is 0.412. The van der Waals surface area contributed by atoms with Gasteiger partial charge < -0.3 is 34.0 Å². The molecule has 0 aromatic heterocycles. The van der Waals surface area contributed by atoms with Gasteiger partial charge in [-0.3, -0.25) is 9.69 Å². The van der Waals surface area contributed by atoms with Crippen LogP contribution in [-0.4, -0.2) is 105 Å². The fourth-order valence-electron chi connectivity index (χ4n) is 6.72. The zero-order chi connectivity index (χ0) is 32.7. The van der Waals surface area contributed by atoms with Gasteiger partial charge in [0.05, 0.1) is 65.9 Å². The summed E-state index contributed by atoms with van der Waals surface area (Å²) in [7, 11) is 0. The molecule has 4 heterocycles. The summed E-state index contributed by atoms with van der Waals surface area (Å²) in [5.41, 5.74) is 2.74. The molecule has 4 aliphatic heterocycles. The average Bonchev–Trinajstić information content (AvgIpc) is 3.29. The molecule has 1 N–H and O–H groups in total. The van der Waals surface area contributed by atoms with Crippen molar-refractivity contribution in [1.29, 1.82) is 0 Å². The molecule has 3 aromatic rings. The summed E-state index contributed by atoms with van der Waals surface area (Å²) < 4.78 is 32.4. The number of ether oxygens (including phenoxy) is 3.